The summed E-state index contributed by atoms with van der Waals surface area (Å²) in [4.78, 5) is 0. The molecule has 2 atom stereocenters. The summed E-state index contributed by atoms with van der Waals surface area (Å²) in [7, 11) is 0. The maximum absolute atomic E-state index is 13.6. The van der Waals surface area contributed by atoms with E-state index in [1.54, 1.807) is 6.07 Å². The van der Waals surface area contributed by atoms with Crippen molar-refractivity contribution in [2.75, 3.05) is 11.9 Å². The summed E-state index contributed by atoms with van der Waals surface area (Å²) in [6, 6.07) is 5.38. The van der Waals surface area contributed by atoms with Gasteiger partial charge in [-0.1, -0.05) is 0 Å². The lowest BCUT2D eigenvalue weighted by Crippen LogP contribution is -2.35. The molecule has 3 N–H and O–H groups in total. The SMILES string of the molecule is CCOc1ccc(NC2CCCC2N)cc1F. The lowest BCUT2D eigenvalue weighted by atomic mass is 10.1. The van der Waals surface area contributed by atoms with Crippen LogP contribution < -0.4 is 15.8 Å². The van der Waals surface area contributed by atoms with Crippen molar-refractivity contribution in [3.8, 4) is 5.75 Å². The number of rotatable bonds is 4. The molecule has 1 fully saturated rings. The minimum atomic E-state index is -0.330. The molecule has 3 nitrogen and oxygen atoms in total. The fourth-order valence-electron chi connectivity index (χ4n) is 2.25. The van der Waals surface area contributed by atoms with Gasteiger partial charge >= 0.3 is 0 Å². The first-order chi connectivity index (χ1) is 8.20. The average Bonchev–Trinajstić information content (AvgIpc) is 2.69. The number of benzene rings is 1. The molecule has 17 heavy (non-hydrogen) atoms. The van der Waals surface area contributed by atoms with Crippen molar-refractivity contribution in [3.63, 3.8) is 0 Å². The lowest BCUT2D eigenvalue weighted by Gasteiger charge is -2.19. The summed E-state index contributed by atoms with van der Waals surface area (Å²) in [5.41, 5.74) is 6.73. The minimum absolute atomic E-state index is 0.171. The van der Waals surface area contributed by atoms with E-state index in [9.17, 15) is 4.39 Å². The molecule has 0 aromatic heterocycles. The number of nitrogens with one attached hydrogen (secondary N) is 1. The van der Waals surface area contributed by atoms with Gasteiger partial charge in [-0.3, -0.25) is 0 Å². The van der Waals surface area contributed by atoms with E-state index in [1.807, 2.05) is 13.0 Å². The third-order valence-corrected chi connectivity index (χ3v) is 3.15. The standard InChI is InChI=1S/C13H19FN2O/c1-2-17-13-7-6-9(8-10(13)14)16-12-5-3-4-11(12)15/h6-8,11-12,16H,2-5,15H2,1H3. The molecule has 0 amide bonds. The van der Waals surface area contributed by atoms with Crippen LogP contribution in [0.1, 0.15) is 26.2 Å². The third kappa shape index (κ3) is 2.88. The van der Waals surface area contributed by atoms with Crippen LogP contribution in [0.4, 0.5) is 10.1 Å². The van der Waals surface area contributed by atoms with E-state index in [4.69, 9.17) is 10.5 Å². The predicted molar refractivity (Wildman–Crippen MR) is 66.8 cm³/mol. The van der Waals surface area contributed by atoms with Crippen LogP contribution in [-0.2, 0) is 0 Å². The van der Waals surface area contributed by atoms with Crippen molar-refractivity contribution in [3.05, 3.63) is 24.0 Å². The molecule has 0 spiro atoms. The Labute approximate surface area is 101 Å². The Bertz CT molecular complexity index is 384. The Morgan fingerprint density at radius 2 is 2.29 bits per heavy atom. The number of ether oxygens (including phenoxy) is 1. The van der Waals surface area contributed by atoms with Crippen LogP contribution in [0.3, 0.4) is 0 Å². The quantitative estimate of drug-likeness (QED) is 0.847. The van der Waals surface area contributed by atoms with Gasteiger partial charge in [0.15, 0.2) is 11.6 Å². The van der Waals surface area contributed by atoms with Gasteiger partial charge in [0, 0.05) is 23.8 Å². The molecule has 2 unspecified atom stereocenters. The molecule has 1 saturated carbocycles. The zero-order valence-electron chi connectivity index (χ0n) is 10.1. The summed E-state index contributed by atoms with van der Waals surface area (Å²) in [5, 5.41) is 3.28. The van der Waals surface area contributed by atoms with E-state index in [1.165, 1.54) is 6.07 Å². The zero-order chi connectivity index (χ0) is 12.3. The lowest BCUT2D eigenvalue weighted by molar-refractivity contribution is 0.321. The van der Waals surface area contributed by atoms with E-state index in [0.717, 1.165) is 24.9 Å². The number of anilines is 1. The summed E-state index contributed by atoms with van der Waals surface area (Å²) < 4.78 is 18.8. The predicted octanol–water partition coefficient (Wildman–Crippen LogP) is 2.52. The topological polar surface area (TPSA) is 47.3 Å². The molecule has 1 aliphatic carbocycles. The van der Waals surface area contributed by atoms with E-state index < -0.39 is 0 Å². The summed E-state index contributed by atoms with van der Waals surface area (Å²) in [6.45, 7) is 2.31. The van der Waals surface area contributed by atoms with Crippen molar-refractivity contribution < 1.29 is 9.13 Å². The van der Waals surface area contributed by atoms with Gasteiger partial charge in [0.2, 0.25) is 0 Å². The van der Waals surface area contributed by atoms with Crippen LogP contribution in [0.15, 0.2) is 18.2 Å². The minimum Gasteiger partial charge on any atom is -0.491 e. The molecule has 2 rings (SSSR count). The van der Waals surface area contributed by atoms with Crippen LogP contribution >= 0.6 is 0 Å². The van der Waals surface area contributed by atoms with Crippen LogP contribution in [0, 0.1) is 5.82 Å². The van der Waals surface area contributed by atoms with Gasteiger partial charge in [0.1, 0.15) is 0 Å². The molecule has 0 bridgehead atoms. The summed E-state index contributed by atoms with van der Waals surface area (Å²) >= 11 is 0. The second-order valence-electron chi connectivity index (χ2n) is 4.42. The van der Waals surface area contributed by atoms with Crippen LogP contribution in [-0.4, -0.2) is 18.7 Å². The molecule has 0 saturated heterocycles. The molecular weight excluding hydrogens is 219 g/mol. The average molecular weight is 238 g/mol. The highest BCUT2D eigenvalue weighted by atomic mass is 19.1. The van der Waals surface area contributed by atoms with Crippen molar-refractivity contribution in [2.45, 2.75) is 38.3 Å². The van der Waals surface area contributed by atoms with Gasteiger partial charge in [-0.2, -0.15) is 0 Å². The number of nitrogens with two attached hydrogens (primary N) is 1. The first kappa shape index (κ1) is 12.2. The Balaban J connectivity index is 2.04. The van der Waals surface area contributed by atoms with Gasteiger partial charge in [-0.25, -0.2) is 4.39 Å². The Hall–Kier alpha value is -1.29. The van der Waals surface area contributed by atoms with Crippen LogP contribution in [0.5, 0.6) is 5.75 Å². The highest BCUT2D eigenvalue weighted by Gasteiger charge is 2.23. The van der Waals surface area contributed by atoms with Crippen molar-refractivity contribution in [1.82, 2.24) is 0 Å². The second kappa shape index (κ2) is 5.36. The van der Waals surface area contributed by atoms with Crippen LogP contribution in [0.2, 0.25) is 0 Å². The van der Waals surface area contributed by atoms with Gasteiger partial charge in [0.25, 0.3) is 0 Å². The fraction of sp³-hybridized carbons (Fsp3) is 0.538. The Morgan fingerprint density at radius 3 is 2.88 bits per heavy atom. The maximum Gasteiger partial charge on any atom is 0.167 e. The van der Waals surface area contributed by atoms with Gasteiger partial charge in [0.05, 0.1) is 6.61 Å². The van der Waals surface area contributed by atoms with Gasteiger partial charge in [-0.05, 0) is 38.3 Å². The van der Waals surface area contributed by atoms with Crippen molar-refractivity contribution >= 4 is 5.69 Å². The third-order valence-electron chi connectivity index (χ3n) is 3.15. The van der Waals surface area contributed by atoms with E-state index in [2.05, 4.69) is 5.32 Å². The Kier molecular flexibility index (Phi) is 3.84. The van der Waals surface area contributed by atoms with Crippen molar-refractivity contribution in [1.29, 1.82) is 0 Å². The highest BCUT2D eigenvalue weighted by Crippen LogP contribution is 2.25. The maximum atomic E-state index is 13.6. The molecule has 0 heterocycles. The summed E-state index contributed by atoms with van der Waals surface area (Å²) in [5.74, 6) is -0.0304. The highest BCUT2D eigenvalue weighted by molar-refractivity contribution is 5.48. The number of hydrogen-bond donors (Lipinski definition) is 2. The molecule has 0 radical (unpaired) electrons. The van der Waals surface area contributed by atoms with Crippen molar-refractivity contribution in [2.24, 2.45) is 5.73 Å². The zero-order valence-corrected chi connectivity index (χ0v) is 10.1. The smallest absolute Gasteiger partial charge is 0.167 e. The molecular formula is C13H19FN2O. The molecule has 1 aromatic carbocycles. The van der Waals surface area contributed by atoms with Gasteiger partial charge in [-0.15, -0.1) is 0 Å². The monoisotopic (exact) mass is 238 g/mol. The van der Waals surface area contributed by atoms with E-state index in [0.29, 0.717) is 12.4 Å². The van der Waals surface area contributed by atoms with Gasteiger partial charge < -0.3 is 15.8 Å². The Morgan fingerprint density at radius 1 is 1.47 bits per heavy atom. The fourth-order valence-corrected chi connectivity index (χ4v) is 2.25. The van der Waals surface area contributed by atoms with E-state index in [-0.39, 0.29) is 17.9 Å². The van der Waals surface area contributed by atoms with E-state index >= 15 is 0 Å². The molecule has 4 heteroatoms. The van der Waals surface area contributed by atoms with Crippen LogP contribution in [0.25, 0.3) is 0 Å². The first-order valence-corrected chi connectivity index (χ1v) is 6.15. The largest absolute Gasteiger partial charge is 0.491 e. The summed E-state index contributed by atoms with van der Waals surface area (Å²) in [6.07, 6.45) is 3.23. The molecule has 1 aromatic rings. The number of halogens is 1. The second-order valence-corrected chi connectivity index (χ2v) is 4.42. The molecule has 1 aliphatic rings. The molecule has 0 aliphatic heterocycles. The number of hydrogen-bond acceptors (Lipinski definition) is 3. The molecule has 94 valence electrons. The normalized spacial score (nSPS) is 23.7. The first-order valence-electron chi connectivity index (χ1n) is 6.15.